The van der Waals surface area contributed by atoms with E-state index in [0.29, 0.717) is 42.3 Å². The molecule has 0 unspecified atom stereocenters. The molecule has 0 saturated heterocycles. The average molecular weight is 716 g/mol. The quantitative estimate of drug-likeness (QED) is 0.272. The fourth-order valence-corrected chi connectivity index (χ4v) is 7.25. The zero-order chi connectivity index (χ0) is 36.6. The topological polar surface area (TPSA) is 173 Å². The first-order valence-electron chi connectivity index (χ1n) is 16.7. The van der Waals surface area contributed by atoms with Crippen molar-refractivity contribution in [2.45, 2.75) is 77.0 Å². The molecule has 3 N–H and O–H groups in total. The van der Waals surface area contributed by atoms with Gasteiger partial charge in [-0.05, 0) is 89.4 Å². The number of benzene rings is 2. The van der Waals surface area contributed by atoms with Gasteiger partial charge in [-0.15, -0.1) is 0 Å². The third kappa shape index (κ3) is 9.53. The third-order valence-electron chi connectivity index (χ3n) is 8.73. The number of aliphatic hydroxyl groups excluding tert-OH is 1. The van der Waals surface area contributed by atoms with Crippen molar-refractivity contribution in [1.29, 1.82) is 0 Å². The van der Waals surface area contributed by atoms with Crippen LogP contribution in [0.4, 0.5) is 16.2 Å². The van der Waals surface area contributed by atoms with Gasteiger partial charge in [0.25, 0.3) is 5.91 Å². The molecule has 2 aromatic carbocycles. The molecule has 0 aliphatic carbocycles. The Balaban J connectivity index is 1.62. The number of ether oxygens (including phenoxy) is 3. The lowest BCUT2D eigenvalue weighted by Gasteiger charge is -2.35. The molecular formula is C35H49N5O9S. The first-order valence-corrected chi connectivity index (χ1v) is 18.1. The second kappa shape index (κ2) is 17.2. The van der Waals surface area contributed by atoms with E-state index >= 15 is 0 Å². The molecule has 274 valence electrons. The number of amides is 3. The van der Waals surface area contributed by atoms with E-state index in [0.717, 1.165) is 6.42 Å². The fraction of sp³-hybridized carbons (Fsp3) is 0.514. The van der Waals surface area contributed by atoms with Gasteiger partial charge in [-0.2, -0.15) is 4.31 Å². The number of urea groups is 1. The molecule has 1 aliphatic rings. The van der Waals surface area contributed by atoms with Gasteiger partial charge < -0.3 is 39.4 Å². The minimum Gasteiger partial charge on any atom is -0.497 e. The first-order chi connectivity index (χ1) is 23.7. The molecule has 50 heavy (non-hydrogen) atoms. The van der Waals surface area contributed by atoms with Crippen LogP contribution in [-0.4, -0.2) is 98.5 Å². The highest BCUT2D eigenvalue weighted by atomic mass is 32.2. The Morgan fingerprint density at radius 2 is 1.80 bits per heavy atom. The van der Waals surface area contributed by atoms with Crippen molar-refractivity contribution in [2.24, 2.45) is 5.92 Å². The third-order valence-corrected chi connectivity index (χ3v) is 10.8. The predicted octanol–water partition coefficient (Wildman–Crippen LogP) is 5.06. The number of carbonyl (C=O) groups is 2. The predicted molar refractivity (Wildman–Crippen MR) is 188 cm³/mol. The van der Waals surface area contributed by atoms with Gasteiger partial charge in [-0.3, -0.25) is 4.79 Å². The van der Waals surface area contributed by atoms with Gasteiger partial charge in [0.05, 0.1) is 37.5 Å². The van der Waals surface area contributed by atoms with Crippen molar-refractivity contribution in [3.8, 4) is 11.5 Å². The maximum Gasteiger partial charge on any atom is 0.323 e. The number of methoxy groups -OCH3 is 1. The molecule has 14 nitrogen and oxygen atoms in total. The molecule has 3 aromatic rings. The molecule has 0 spiro atoms. The van der Waals surface area contributed by atoms with E-state index in [-0.39, 0.29) is 53.6 Å². The number of sulfonamides is 1. The van der Waals surface area contributed by atoms with Crippen LogP contribution in [0, 0.1) is 19.8 Å². The summed E-state index contributed by atoms with van der Waals surface area (Å²) in [5.41, 5.74) is 1.38. The number of rotatable bonds is 9. The molecule has 0 bridgehead atoms. The van der Waals surface area contributed by atoms with Gasteiger partial charge in [0.15, 0.2) is 5.76 Å². The number of carbonyl (C=O) groups excluding carboxylic acids is 2. The Hall–Kier alpha value is -4.18. The zero-order valence-electron chi connectivity index (χ0n) is 29.8. The van der Waals surface area contributed by atoms with E-state index in [1.165, 1.54) is 16.3 Å². The molecule has 4 atom stereocenters. The van der Waals surface area contributed by atoms with Crippen LogP contribution in [0.15, 0.2) is 51.9 Å². The number of aryl methyl sites for hydroxylation is 2. The number of nitrogens with one attached hydrogen (secondary N) is 2. The van der Waals surface area contributed by atoms with E-state index in [1.54, 1.807) is 70.3 Å². The molecule has 2 heterocycles. The Kier molecular flexibility index (Phi) is 13.3. The average Bonchev–Trinajstić information content (AvgIpc) is 3.44. The van der Waals surface area contributed by atoms with Crippen molar-refractivity contribution >= 4 is 33.3 Å². The van der Waals surface area contributed by atoms with Crippen molar-refractivity contribution in [1.82, 2.24) is 14.4 Å². The lowest BCUT2D eigenvalue weighted by Crippen LogP contribution is -2.48. The molecule has 1 aromatic heterocycles. The molecule has 0 saturated carbocycles. The van der Waals surface area contributed by atoms with E-state index in [2.05, 4.69) is 15.8 Å². The molecule has 4 rings (SSSR count). The number of aliphatic hydroxyl groups is 1. The fourth-order valence-electron chi connectivity index (χ4n) is 5.78. The van der Waals surface area contributed by atoms with Crippen LogP contribution in [0.3, 0.4) is 0 Å². The van der Waals surface area contributed by atoms with E-state index in [9.17, 15) is 23.1 Å². The van der Waals surface area contributed by atoms with Crippen molar-refractivity contribution in [3.63, 3.8) is 0 Å². The van der Waals surface area contributed by atoms with Gasteiger partial charge >= 0.3 is 6.03 Å². The van der Waals surface area contributed by atoms with E-state index in [1.807, 2.05) is 13.8 Å². The summed E-state index contributed by atoms with van der Waals surface area (Å²) in [4.78, 5) is 28.9. The van der Waals surface area contributed by atoms with Crippen LogP contribution in [0.2, 0.25) is 0 Å². The number of nitrogens with zero attached hydrogens (tertiary/aromatic N) is 3. The second-order valence-electron chi connectivity index (χ2n) is 12.8. The van der Waals surface area contributed by atoms with Crippen molar-refractivity contribution in [2.75, 3.05) is 51.1 Å². The normalized spacial score (nSPS) is 20.0. The Morgan fingerprint density at radius 1 is 1.12 bits per heavy atom. The van der Waals surface area contributed by atoms with Gasteiger partial charge in [0.2, 0.25) is 10.0 Å². The van der Waals surface area contributed by atoms with Gasteiger partial charge in [0, 0.05) is 44.0 Å². The number of aromatic nitrogens is 1. The van der Waals surface area contributed by atoms with Crippen LogP contribution < -0.4 is 20.1 Å². The molecule has 0 radical (unpaired) electrons. The number of hydrogen-bond donors (Lipinski definition) is 3. The second-order valence-corrected chi connectivity index (χ2v) is 14.7. The number of hydrogen-bond acceptors (Lipinski definition) is 10. The Morgan fingerprint density at radius 3 is 2.44 bits per heavy atom. The molecule has 1 aliphatic heterocycles. The SMILES string of the molecule is COc1ccc(NC(=O)Nc2ccc3c(c2)C(=O)N([C@@H](C)CO)C[C@H](C)[C@@H](CN(C)S(=O)(=O)c2c(C)noc2C)OCCCC[C@H](C)O3)cc1. The van der Waals surface area contributed by atoms with Gasteiger partial charge in [-0.25, -0.2) is 13.2 Å². The van der Waals surface area contributed by atoms with Crippen LogP contribution >= 0.6 is 0 Å². The minimum absolute atomic E-state index is 0.0105. The maximum atomic E-state index is 14.4. The summed E-state index contributed by atoms with van der Waals surface area (Å²) in [5.74, 6) is 0.412. The highest BCUT2D eigenvalue weighted by molar-refractivity contribution is 7.89. The van der Waals surface area contributed by atoms with Gasteiger partial charge in [0.1, 0.15) is 22.1 Å². The molecular weight excluding hydrogens is 666 g/mol. The van der Waals surface area contributed by atoms with Crippen LogP contribution in [0.1, 0.15) is 61.8 Å². The molecule has 3 amide bonds. The number of anilines is 2. The largest absolute Gasteiger partial charge is 0.497 e. The smallest absolute Gasteiger partial charge is 0.323 e. The summed E-state index contributed by atoms with van der Waals surface area (Å²) in [6.45, 7) is 8.87. The van der Waals surface area contributed by atoms with Crippen LogP contribution in [0.5, 0.6) is 11.5 Å². The first kappa shape index (κ1) is 38.6. The zero-order valence-corrected chi connectivity index (χ0v) is 30.6. The summed E-state index contributed by atoms with van der Waals surface area (Å²) < 4.78 is 51.3. The van der Waals surface area contributed by atoms with Crippen LogP contribution in [0.25, 0.3) is 0 Å². The summed E-state index contributed by atoms with van der Waals surface area (Å²) in [7, 11) is -0.917. The van der Waals surface area contributed by atoms with Crippen molar-refractivity contribution < 1.29 is 41.8 Å². The van der Waals surface area contributed by atoms with Crippen molar-refractivity contribution in [3.05, 3.63) is 59.5 Å². The molecule has 15 heteroatoms. The van der Waals surface area contributed by atoms with E-state index in [4.69, 9.17) is 18.7 Å². The summed E-state index contributed by atoms with van der Waals surface area (Å²) in [6.07, 6.45) is 1.33. The Labute approximate surface area is 294 Å². The number of likely N-dealkylation sites (N-methyl/N-ethyl adjacent to an activating group) is 1. The summed E-state index contributed by atoms with van der Waals surface area (Å²) >= 11 is 0. The Bertz CT molecular complexity index is 1690. The summed E-state index contributed by atoms with van der Waals surface area (Å²) in [6, 6.07) is 10.6. The maximum absolute atomic E-state index is 14.4. The van der Waals surface area contributed by atoms with E-state index < -0.39 is 34.1 Å². The number of fused-ring (bicyclic) bond motifs is 1. The minimum atomic E-state index is -3.96. The summed E-state index contributed by atoms with van der Waals surface area (Å²) in [5, 5.41) is 19.6. The van der Waals surface area contributed by atoms with Gasteiger partial charge in [-0.1, -0.05) is 12.1 Å². The standard InChI is InChI=1S/C35H49N5O9S/c1-22-19-40(23(2)21-41)34(42)30-18-28(37-35(43)36-27-11-14-29(46-7)15-12-27)13-16-31(30)48-24(3)10-8-9-17-47-32(22)20-39(6)50(44,45)33-25(4)38-49-26(33)5/h11-16,18,22-24,32,41H,8-10,17,19-21H2,1-7H3,(H2,36,37,43)/t22-,23-,24-,32+/m0/s1. The van der Waals surface area contributed by atoms with Crippen LogP contribution in [-0.2, 0) is 14.8 Å². The highest BCUT2D eigenvalue weighted by Crippen LogP contribution is 2.29. The highest BCUT2D eigenvalue weighted by Gasteiger charge is 2.34. The molecule has 0 fully saturated rings. The monoisotopic (exact) mass is 715 g/mol. The lowest BCUT2D eigenvalue weighted by atomic mass is 10.0. The lowest BCUT2D eigenvalue weighted by molar-refractivity contribution is -0.00835.